The number of thiophene rings is 1. The molecule has 0 atom stereocenters. The van der Waals surface area contributed by atoms with E-state index in [1.165, 1.54) is 11.3 Å². The normalized spacial score (nSPS) is 10.7. The summed E-state index contributed by atoms with van der Waals surface area (Å²) in [4.78, 5) is 17.6. The van der Waals surface area contributed by atoms with Crippen LogP contribution in [0.15, 0.2) is 47.8 Å². The van der Waals surface area contributed by atoms with Crippen molar-refractivity contribution in [1.29, 1.82) is 0 Å². The van der Waals surface area contributed by atoms with Crippen LogP contribution in [0.1, 0.15) is 20.9 Å². The monoisotopic (exact) mass is 253 g/mol. The average Bonchev–Trinajstić information content (AvgIpc) is 2.91. The molecular formula is C15H11NOS. The summed E-state index contributed by atoms with van der Waals surface area (Å²) in [6, 6.07) is 13.5. The first-order chi connectivity index (χ1) is 8.75. The Hall–Kier alpha value is -2.00. The molecule has 18 heavy (non-hydrogen) atoms. The van der Waals surface area contributed by atoms with E-state index in [1.54, 1.807) is 0 Å². The van der Waals surface area contributed by atoms with Gasteiger partial charge >= 0.3 is 0 Å². The summed E-state index contributed by atoms with van der Waals surface area (Å²) >= 11 is 1.46. The summed E-state index contributed by atoms with van der Waals surface area (Å²) in [7, 11) is 0. The van der Waals surface area contributed by atoms with Gasteiger partial charge in [-0.2, -0.15) is 0 Å². The molecule has 0 bridgehead atoms. The maximum Gasteiger partial charge on any atom is 0.204 e. The molecule has 0 fully saturated rings. The van der Waals surface area contributed by atoms with Crippen molar-refractivity contribution in [3.05, 3.63) is 64.0 Å². The standard InChI is InChI=1S/C15H11NOS/c1-10-12(15(17)14-7-4-8-18-14)9-11-5-2-3-6-13(11)16-10/h2-9H,1H3. The minimum atomic E-state index is 0.0563. The van der Waals surface area contributed by atoms with Gasteiger partial charge in [-0.05, 0) is 30.5 Å². The number of aryl methyl sites for hydroxylation is 1. The molecule has 0 amide bonds. The van der Waals surface area contributed by atoms with E-state index in [0.717, 1.165) is 21.5 Å². The van der Waals surface area contributed by atoms with Gasteiger partial charge in [-0.1, -0.05) is 24.3 Å². The number of pyridine rings is 1. The van der Waals surface area contributed by atoms with E-state index in [9.17, 15) is 4.79 Å². The SMILES string of the molecule is Cc1nc2ccccc2cc1C(=O)c1cccs1. The molecule has 0 N–H and O–H groups in total. The summed E-state index contributed by atoms with van der Waals surface area (Å²) < 4.78 is 0. The van der Waals surface area contributed by atoms with Gasteiger partial charge in [0.1, 0.15) is 0 Å². The molecule has 0 saturated heterocycles. The van der Waals surface area contributed by atoms with Gasteiger partial charge < -0.3 is 0 Å². The van der Waals surface area contributed by atoms with E-state index in [1.807, 2.05) is 54.8 Å². The van der Waals surface area contributed by atoms with Gasteiger partial charge in [0.15, 0.2) is 0 Å². The van der Waals surface area contributed by atoms with Crippen molar-refractivity contribution in [2.75, 3.05) is 0 Å². The molecular weight excluding hydrogens is 242 g/mol. The molecule has 2 aromatic heterocycles. The maximum atomic E-state index is 12.3. The van der Waals surface area contributed by atoms with Gasteiger partial charge in [0, 0.05) is 16.6 Å². The Morgan fingerprint density at radius 3 is 2.78 bits per heavy atom. The van der Waals surface area contributed by atoms with Crippen molar-refractivity contribution < 1.29 is 4.79 Å². The second kappa shape index (κ2) is 4.35. The van der Waals surface area contributed by atoms with Crippen molar-refractivity contribution in [1.82, 2.24) is 4.98 Å². The molecule has 3 rings (SSSR count). The lowest BCUT2D eigenvalue weighted by molar-refractivity contribution is 0.104. The Morgan fingerprint density at radius 2 is 2.00 bits per heavy atom. The number of ketones is 1. The van der Waals surface area contributed by atoms with Crippen LogP contribution in [0.2, 0.25) is 0 Å². The van der Waals surface area contributed by atoms with E-state index in [0.29, 0.717) is 5.56 Å². The first-order valence-corrected chi connectivity index (χ1v) is 6.58. The van der Waals surface area contributed by atoms with Crippen LogP contribution in [0.3, 0.4) is 0 Å². The summed E-state index contributed by atoms with van der Waals surface area (Å²) in [5.41, 5.74) is 2.40. The fourth-order valence-electron chi connectivity index (χ4n) is 1.98. The fourth-order valence-corrected chi connectivity index (χ4v) is 2.66. The Labute approximate surface area is 109 Å². The number of aromatic nitrogens is 1. The number of nitrogens with zero attached hydrogens (tertiary/aromatic N) is 1. The van der Waals surface area contributed by atoms with E-state index in [-0.39, 0.29) is 5.78 Å². The summed E-state index contributed by atoms with van der Waals surface area (Å²) in [6.45, 7) is 1.88. The number of benzene rings is 1. The smallest absolute Gasteiger partial charge is 0.204 e. The van der Waals surface area contributed by atoms with Gasteiger partial charge in [-0.3, -0.25) is 9.78 Å². The zero-order chi connectivity index (χ0) is 12.5. The highest BCUT2D eigenvalue weighted by atomic mass is 32.1. The van der Waals surface area contributed by atoms with E-state index >= 15 is 0 Å². The molecule has 0 aliphatic rings. The zero-order valence-electron chi connectivity index (χ0n) is 9.88. The Kier molecular flexibility index (Phi) is 2.68. The van der Waals surface area contributed by atoms with Crippen LogP contribution in [0, 0.1) is 6.92 Å². The average molecular weight is 253 g/mol. The predicted octanol–water partition coefficient (Wildman–Crippen LogP) is 3.84. The highest BCUT2D eigenvalue weighted by Crippen LogP contribution is 2.21. The van der Waals surface area contributed by atoms with Crippen LogP contribution in [0.5, 0.6) is 0 Å². The van der Waals surface area contributed by atoms with Crippen LogP contribution in [-0.2, 0) is 0 Å². The third-order valence-corrected chi connectivity index (χ3v) is 3.77. The van der Waals surface area contributed by atoms with Crippen LogP contribution < -0.4 is 0 Å². The van der Waals surface area contributed by atoms with Crippen LogP contribution >= 0.6 is 11.3 Å². The third-order valence-electron chi connectivity index (χ3n) is 2.90. The van der Waals surface area contributed by atoms with Crippen molar-refractivity contribution >= 4 is 28.0 Å². The summed E-state index contributed by atoms with van der Waals surface area (Å²) in [5, 5.41) is 2.92. The second-order valence-corrected chi connectivity index (χ2v) is 5.07. The molecule has 3 aromatic rings. The number of para-hydroxylation sites is 1. The predicted molar refractivity (Wildman–Crippen MR) is 74.2 cm³/mol. The lowest BCUT2D eigenvalue weighted by atomic mass is 10.1. The Balaban J connectivity index is 2.17. The number of rotatable bonds is 2. The van der Waals surface area contributed by atoms with Crippen molar-refractivity contribution in [3.63, 3.8) is 0 Å². The molecule has 0 radical (unpaired) electrons. The minimum Gasteiger partial charge on any atom is -0.288 e. The topological polar surface area (TPSA) is 30.0 Å². The first kappa shape index (κ1) is 11.1. The summed E-state index contributed by atoms with van der Waals surface area (Å²) in [5.74, 6) is 0.0563. The van der Waals surface area contributed by atoms with Gasteiger partial charge in [-0.15, -0.1) is 11.3 Å². The molecule has 3 heteroatoms. The molecule has 0 spiro atoms. The second-order valence-electron chi connectivity index (χ2n) is 4.12. The Morgan fingerprint density at radius 1 is 1.17 bits per heavy atom. The minimum absolute atomic E-state index is 0.0563. The lowest BCUT2D eigenvalue weighted by Crippen LogP contribution is -2.03. The zero-order valence-corrected chi connectivity index (χ0v) is 10.7. The molecule has 1 aromatic carbocycles. The molecule has 0 unspecified atom stereocenters. The first-order valence-electron chi connectivity index (χ1n) is 5.70. The highest BCUT2D eigenvalue weighted by molar-refractivity contribution is 7.12. The maximum absolute atomic E-state index is 12.3. The molecule has 0 saturated carbocycles. The van der Waals surface area contributed by atoms with E-state index < -0.39 is 0 Å². The summed E-state index contributed by atoms with van der Waals surface area (Å²) in [6.07, 6.45) is 0. The van der Waals surface area contributed by atoms with Gasteiger partial charge in [0.05, 0.1) is 10.4 Å². The van der Waals surface area contributed by atoms with Crippen LogP contribution in [0.4, 0.5) is 0 Å². The molecule has 2 nitrogen and oxygen atoms in total. The van der Waals surface area contributed by atoms with Crippen molar-refractivity contribution in [3.8, 4) is 0 Å². The van der Waals surface area contributed by atoms with Gasteiger partial charge in [0.2, 0.25) is 5.78 Å². The fraction of sp³-hybridized carbons (Fsp3) is 0.0667. The van der Waals surface area contributed by atoms with Gasteiger partial charge in [0.25, 0.3) is 0 Å². The Bertz CT molecular complexity index is 716. The molecule has 88 valence electrons. The number of hydrogen-bond acceptors (Lipinski definition) is 3. The largest absolute Gasteiger partial charge is 0.288 e. The highest BCUT2D eigenvalue weighted by Gasteiger charge is 2.14. The number of fused-ring (bicyclic) bond motifs is 1. The molecule has 0 aliphatic carbocycles. The van der Waals surface area contributed by atoms with Crippen molar-refractivity contribution in [2.24, 2.45) is 0 Å². The van der Waals surface area contributed by atoms with Crippen molar-refractivity contribution in [2.45, 2.75) is 6.92 Å². The van der Waals surface area contributed by atoms with Crippen LogP contribution in [-0.4, -0.2) is 10.8 Å². The number of carbonyl (C=O) groups is 1. The lowest BCUT2D eigenvalue weighted by Gasteiger charge is -2.05. The van der Waals surface area contributed by atoms with Crippen LogP contribution in [0.25, 0.3) is 10.9 Å². The molecule has 0 aliphatic heterocycles. The molecule has 2 heterocycles. The quantitative estimate of drug-likeness (QED) is 0.649. The van der Waals surface area contributed by atoms with Gasteiger partial charge in [-0.25, -0.2) is 0 Å². The number of hydrogen-bond donors (Lipinski definition) is 0. The van der Waals surface area contributed by atoms with E-state index in [4.69, 9.17) is 0 Å². The number of carbonyl (C=O) groups excluding carboxylic acids is 1. The third kappa shape index (κ3) is 1.83. The van der Waals surface area contributed by atoms with E-state index in [2.05, 4.69) is 4.98 Å².